The second-order valence-corrected chi connectivity index (χ2v) is 9.54. The van der Waals surface area contributed by atoms with Crippen LogP contribution in [0.25, 0.3) is 11.0 Å². The first-order valence-electron chi connectivity index (χ1n) is 10.4. The Morgan fingerprint density at radius 2 is 1.91 bits per heavy atom. The number of β-amino-alcohol motifs (C(OH)–C–C–N with tert-alkyl or cyclic N) is 1. The normalized spacial score (nSPS) is 16.1. The Balaban J connectivity index is 1.60. The molecule has 0 bridgehead atoms. The zero-order valence-corrected chi connectivity index (χ0v) is 19.4. The smallest absolute Gasteiger partial charge is 0.390 e. The van der Waals surface area contributed by atoms with Crippen LogP contribution in [0.15, 0.2) is 29.2 Å². The highest BCUT2D eigenvalue weighted by Crippen LogP contribution is 2.39. The molecule has 1 aliphatic heterocycles. The number of hydrogen-bond donors (Lipinski definition) is 3. The lowest BCUT2D eigenvalue weighted by atomic mass is 9.94. The van der Waals surface area contributed by atoms with Crippen molar-refractivity contribution >= 4 is 40.1 Å². The van der Waals surface area contributed by atoms with Gasteiger partial charge in [0, 0.05) is 19.3 Å². The second-order valence-electron chi connectivity index (χ2n) is 9.14. The summed E-state index contributed by atoms with van der Waals surface area (Å²) in [6, 6.07) is 5.19. The molecular weight excluding hydrogens is 477 g/mol. The van der Waals surface area contributed by atoms with Crippen molar-refractivity contribution in [2.75, 3.05) is 23.3 Å². The molecule has 1 aromatic carbocycles. The Bertz CT molecular complexity index is 1290. The fourth-order valence-corrected chi connectivity index (χ4v) is 3.87. The summed E-state index contributed by atoms with van der Waals surface area (Å²) >= 11 is 6.20. The number of alkyl halides is 3. The Morgan fingerprint density at radius 3 is 2.53 bits per heavy atom. The van der Waals surface area contributed by atoms with Crippen LogP contribution in [0.2, 0.25) is 5.02 Å². The van der Waals surface area contributed by atoms with Crippen molar-refractivity contribution in [3.63, 3.8) is 0 Å². The zero-order valence-electron chi connectivity index (χ0n) is 18.7. The van der Waals surface area contributed by atoms with Gasteiger partial charge in [-0.25, -0.2) is 9.78 Å². The van der Waals surface area contributed by atoms with Crippen LogP contribution in [0.3, 0.4) is 0 Å². The molecule has 0 unspecified atom stereocenters. The van der Waals surface area contributed by atoms with Crippen LogP contribution in [0.5, 0.6) is 0 Å². The van der Waals surface area contributed by atoms with Crippen LogP contribution in [0.4, 0.5) is 30.6 Å². The maximum Gasteiger partial charge on any atom is 0.420 e. The Labute approximate surface area is 197 Å². The number of halogens is 4. The standard InChI is InChI=1S/C21H24ClF3N6O3/c1-19(2,33)6-7-31-15-8-12(4-5-14(15)29(3)18(31)32)27-16-13(22)9-26-17(28-16)30-10-20(34,11-30)21(23,24)25/h4-5,8-9,33-34H,6-7,10-11H2,1-3H3,(H,26,27,28). The second kappa shape index (κ2) is 8.14. The van der Waals surface area contributed by atoms with Crippen LogP contribution in [-0.4, -0.2) is 59.8 Å². The van der Waals surface area contributed by atoms with Gasteiger partial charge in [0.1, 0.15) is 5.02 Å². The van der Waals surface area contributed by atoms with E-state index in [-0.39, 0.29) is 22.5 Å². The van der Waals surface area contributed by atoms with Gasteiger partial charge in [-0.3, -0.25) is 9.13 Å². The summed E-state index contributed by atoms with van der Waals surface area (Å²) in [6.07, 6.45) is -3.12. The first kappa shape index (κ1) is 24.3. The topological polar surface area (TPSA) is 108 Å². The minimum Gasteiger partial charge on any atom is -0.390 e. The summed E-state index contributed by atoms with van der Waals surface area (Å²) in [5.41, 5.74) is -2.12. The monoisotopic (exact) mass is 500 g/mol. The first-order chi connectivity index (χ1) is 15.7. The molecule has 3 N–H and O–H groups in total. The van der Waals surface area contributed by atoms with Gasteiger partial charge in [-0.05, 0) is 38.5 Å². The van der Waals surface area contributed by atoms with E-state index < -0.39 is 30.5 Å². The molecule has 1 aliphatic rings. The van der Waals surface area contributed by atoms with Crippen molar-refractivity contribution < 1.29 is 23.4 Å². The van der Waals surface area contributed by atoms with Crippen LogP contribution >= 0.6 is 11.6 Å². The number of aliphatic hydroxyl groups is 2. The maximum absolute atomic E-state index is 12.9. The summed E-state index contributed by atoms with van der Waals surface area (Å²) in [5, 5.41) is 22.9. The van der Waals surface area contributed by atoms with E-state index in [0.717, 1.165) is 0 Å². The molecule has 1 saturated heterocycles. The number of nitrogens with one attached hydrogen (secondary N) is 1. The van der Waals surface area contributed by atoms with E-state index in [1.807, 2.05) is 0 Å². The molecular formula is C21H24ClF3N6O3. The summed E-state index contributed by atoms with van der Waals surface area (Å²) in [4.78, 5) is 22.1. The van der Waals surface area contributed by atoms with Gasteiger partial charge in [0.2, 0.25) is 5.95 Å². The summed E-state index contributed by atoms with van der Waals surface area (Å²) in [5.74, 6) is 0.151. The molecule has 184 valence electrons. The van der Waals surface area contributed by atoms with Crippen LogP contribution < -0.4 is 15.9 Å². The van der Waals surface area contributed by atoms with E-state index in [2.05, 4.69) is 15.3 Å². The number of hydrogen-bond acceptors (Lipinski definition) is 7. The molecule has 9 nitrogen and oxygen atoms in total. The Hall–Kier alpha value is -2.83. The number of aryl methyl sites for hydroxylation is 2. The zero-order chi connectivity index (χ0) is 25.1. The molecule has 3 aromatic rings. The average molecular weight is 501 g/mol. The van der Waals surface area contributed by atoms with Crippen LogP contribution in [0, 0.1) is 0 Å². The lowest BCUT2D eigenvalue weighted by Gasteiger charge is -2.46. The Morgan fingerprint density at radius 1 is 1.24 bits per heavy atom. The highest BCUT2D eigenvalue weighted by Gasteiger charge is 2.61. The number of aromatic nitrogens is 4. The molecule has 13 heteroatoms. The summed E-state index contributed by atoms with van der Waals surface area (Å²) in [7, 11) is 1.65. The number of benzene rings is 1. The van der Waals surface area contributed by atoms with Crippen molar-refractivity contribution in [1.82, 2.24) is 19.1 Å². The highest BCUT2D eigenvalue weighted by molar-refractivity contribution is 6.32. The lowest BCUT2D eigenvalue weighted by molar-refractivity contribution is -0.267. The fraction of sp³-hybridized carbons (Fsp3) is 0.476. The molecule has 4 rings (SSSR count). The van der Waals surface area contributed by atoms with E-state index in [1.165, 1.54) is 15.7 Å². The van der Waals surface area contributed by atoms with Crippen molar-refractivity contribution in [2.24, 2.45) is 7.05 Å². The fourth-order valence-electron chi connectivity index (χ4n) is 3.73. The van der Waals surface area contributed by atoms with Gasteiger partial charge in [0.25, 0.3) is 0 Å². The third kappa shape index (κ3) is 4.44. The van der Waals surface area contributed by atoms with E-state index in [4.69, 9.17) is 11.6 Å². The average Bonchev–Trinajstić information content (AvgIpc) is 2.94. The van der Waals surface area contributed by atoms with Gasteiger partial charge in [-0.15, -0.1) is 0 Å². The van der Waals surface area contributed by atoms with E-state index >= 15 is 0 Å². The quantitative estimate of drug-likeness (QED) is 0.477. The van der Waals surface area contributed by atoms with Gasteiger partial charge >= 0.3 is 11.9 Å². The van der Waals surface area contributed by atoms with Gasteiger partial charge < -0.3 is 20.4 Å². The summed E-state index contributed by atoms with van der Waals surface area (Å²) in [6.45, 7) is 2.28. The van der Waals surface area contributed by atoms with E-state index in [0.29, 0.717) is 29.7 Å². The molecule has 0 aliphatic carbocycles. The molecule has 0 saturated carbocycles. The molecule has 3 heterocycles. The molecule has 2 aromatic heterocycles. The first-order valence-corrected chi connectivity index (χ1v) is 10.8. The van der Waals surface area contributed by atoms with Crippen molar-refractivity contribution in [3.05, 3.63) is 39.9 Å². The number of anilines is 3. The van der Waals surface area contributed by atoms with Crippen molar-refractivity contribution in [2.45, 2.75) is 44.2 Å². The molecule has 0 atom stereocenters. The molecule has 34 heavy (non-hydrogen) atoms. The minimum atomic E-state index is -4.75. The number of imidazole rings is 1. The maximum atomic E-state index is 12.9. The van der Waals surface area contributed by atoms with Crippen LogP contribution in [0.1, 0.15) is 20.3 Å². The number of rotatable bonds is 6. The molecule has 0 amide bonds. The summed E-state index contributed by atoms with van der Waals surface area (Å²) < 4.78 is 41.8. The SMILES string of the molecule is Cn1c(=O)n(CCC(C)(C)O)c2cc(Nc3nc(N4CC(O)(C(F)(F)F)C4)ncc3Cl)ccc21. The number of fused-ring (bicyclic) bond motifs is 1. The van der Waals surface area contributed by atoms with Gasteiger partial charge in [-0.2, -0.15) is 18.2 Å². The van der Waals surface area contributed by atoms with Gasteiger partial charge in [-0.1, -0.05) is 11.6 Å². The molecule has 1 fully saturated rings. The van der Waals surface area contributed by atoms with Crippen molar-refractivity contribution in [3.8, 4) is 0 Å². The Kier molecular flexibility index (Phi) is 5.82. The van der Waals surface area contributed by atoms with Gasteiger partial charge in [0.05, 0.1) is 35.9 Å². The predicted molar refractivity (Wildman–Crippen MR) is 122 cm³/mol. The largest absolute Gasteiger partial charge is 0.420 e. The molecule has 0 radical (unpaired) electrons. The van der Waals surface area contributed by atoms with E-state index in [9.17, 15) is 28.2 Å². The van der Waals surface area contributed by atoms with E-state index in [1.54, 1.807) is 43.7 Å². The number of nitrogens with zero attached hydrogens (tertiary/aromatic N) is 5. The highest BCUT2D eigenvalue weighted by atomic mass is 35.5. The lowest BCUT2D eigenvalue weighted by Crippen LogP contribution is -2.69. The predicted octanol–water partition coefficient (Wildman–Crippen LogP) is 2.80. The van der Waals surface area contributed by atoms with Gasteiger partial charge in [0.15, 0.2) is 11.4 Å². The van der Waals surface area contributed by atoms with Crippen LogP contribution in [-0.2, 0) is 13.6 Å². The third-order valence-electron chi connectivity index (χ3n) is 5.80. The van der Waals surface area contributed by atoms with Crippen molar-refractivity contribution in [1.29, 1.82) is 0 Å². The molecule has 0 spiro atoms. The third-order valence-corrected chi connectivity index (χ3v) is 6.08. The minimum absolute atomic E-state index is 0.0105.